The molecule has 2 aliphatic heterocycles. The van der Waals surface area contributed by atoms with Gasteiger partial charge < -0.3 is 9.80 Å². The summed E-state index contributed by atoms with van der Waals surface area (Å²) in [5.74, 6) is 0.800. The van der Waals surface area contributed by atoms with E-state index in [-0.39, 0.29) is 5.91 Å². The fourth-order valence-electron chi connectivity index (χ4n) is 3.38. The van der Waals surface area contributed by atoms with Crippen molar-refractivity contribution in [3.8, 4) is 0 Å². The fraction of sp³-hybridized carbons (Fsp3) is 0.625. The van der Waals surface area contributed by atoms with Crippen LogP contribution < -0.4 is 0 Å². The Kier molecular flexibility index (Phi) is 4.01. The van der Waals surface area contributed by atoms with Crippen molar-refractivity contribution in [3.63, 3.8) is 0 Å². The molecular formula is C16H23N3O. The number of hydrogen-bond acceptors (Lipinski definition) is 3. The van der Waals surface area contributed by atoms with Gasteiger partial charge in [0.2, 0.25) is 0 Å². The zero-order valence-corrected chi connectivity index (χ0v) is 12.2. The van der Waals surface area contributed by atoms with E-state index >= 15 is 0 Å². The zero-order valence-electron chi connectivity index (χ0n) is 12.2. The van der Waals surface area contributed by atoms with Crippen molar-refractivity contribution in [1.82, 2.24) is 14.8 Å². The maximum absolute atomic E-state index is 12.5. The van der Waals surface area contributed by atoms with Gasteiger partial charge in [-0.3, -0.25) is 9.78 Å². The Labute approximate surface area is 120 Å². The van der Waals surface area contributed by atoms with Crippen molar-refractivity contribution in [2.24, 2.45) is 5.92 Å². The van der Waals surface area contributed by atoms with Gasteiger partial charge in [0.25, 0.3) is 5.91 Å². The molecule has 108 valence electrons. The molecule has 1 amide bonds. The van der Waals surface area contributed by atoms with Crippen LogP contribution in [-0.2, 0) is 0 Å². The monoisotopic (exact) mass is 273 g/mol. The second kappa shape index (κ2) is 5.92. The normalized spacial score (nSPS) is 23.4. The van der Waals surface area contributed by atoms with Crippen LogP contribution in [0.4, 0.5) is 0 Å². The Bertz CT molecular complexity index is 482. The Morgan fingerprint density at radius 2 is 2.15 bits per heavy atom. The molecule has 0 radical (unpaired) electrons. The van der Waals surface area contributed by atoms with Crippen molar-refractivity contribution in [2.75, 3.05) is 32.7 Å². The highest BCUT2D eigenvalue weighted by atomic mass is 16.2. The average Bonchev–Trinajstić information content (AvgIpc) is 3.11. The van der Waals surface area contributed by atoms with E-state index in [2.05, 4.69) is 9.88 Å². The van der Waals surface area contributed by atoms with E-state index in [1.54, 1.807) is 6.20 Å². The van der Waals surface area contributed by atoms with Crippen LogP contribution in [0.25, 0.3) is 0 Å². The zero-order chi connectivity index (χ0) is 13.9. The van der Waals surface area contributed by atoms with Crippen LogP contribution >= 0.6 is 0 Å². The molecule has 1 aromatic heterocycles. The second-order valence-corrected chi connectivity index (χ2v) is 6.05. The minimum Gasteiger partial charge on any atom is -0.338 e. The lowest BCUT2D eigenvalue weighted by Crippen LogP contribution is -2.32. The Morgan fingerprint density at radius 3 is 2.90 bits per heavy atom. The maximum atomic E-state index is 12.5. The quantitative estimate of drug-likeness (QED) is 0.844. The molecule has 2 fully saturated rings. The molecule has 1 atom stereocenters. The van der Waals surface area contributed by atoms with Crippen molar-refractivity contribution < 1.29 is 4.79 Å². The van der Waals surface area contributed by atoms with Gasteiger partial charge in [-0.15, -0.1) is 0 Å². The van der Waals surface area contributed by atoms with E-state index in [0.29, 0.717) is 5.92 Å². The lowest BCUT2D eigenvalue weighted by atomic mass is 10.1. The predicted octanol–water partition coefficient (Wildman–Crippen LogP) is 1.95. The molecule has 2 aliphatic rings. The van der Waals surface area contributed by atoms with Crippen molar-refractivity contribution in [3.05, 3.63) is 29.6 Å². The maximum Gasteiger partial charge on any atom is 0.255 e. The number of likely N-dealkylation sites (tertiary alicyclic amines) is 2. The molecule has 1 unspecified atom stereocenters. The summed E-state index contributed by atoms with van der Waals surface area (Å²) in [5.41, 5.74) is 1.59. The van der Waals surface area contributed by atoms with Gasteiger partial charge in [-0.2, -0.15) is 0 Å². The van der Waals surface area contributed by atoms with Gasteiger partial charge in [-0.05, 0) is 57.3 Å². The fourth-order valence-corrected chi connectivity index (χ4v) is 3.38. The lowest BCUT2D eigenvalue weighted by Gasteiger charge is -2.21. The smallest absolute Gasteiger partial charge is 0.255 e. The molecule has 0 spiro atoms. The number of amides is 1. The summed E-state index contributed by atoms with van der Waals surface area (Å²) in [6, 6.07) is 3.73. The number of pyridine rings is 1. The molecule has 2 saturated heterocycles. The molecule has 0 bridgehead atoms. The first-order valence-corrected chi connectivity index (χ1v) is 7.67. The molecule has 0 saturated carbocycles. The van der Waals surface area contributed by atoms with Crippen LogP contribution in [0.2, 0.25) is 0 Å². The summed E-state index contributed by atoms with van der Waals surface area (Å²) in [5, 5.41) is 0. The third kappa shape index (κ3) is 2.85. The van der Waals surface area contributed by atoms with E-state index < -0.39 is 0 Å². The van der Waals surface area contributed by atoms with Gasteiger partial charge in [-0.1, -0.05) is 0 Å². The van der Waals surface area contributed by atoms with E-state index in [0.717, 1.165) is 37.3 Å². The second-order valence-electron chi connectivity index (χ2n) is 6.05. The van der Waals surface area contributed by atoms with E-state index in [1.165, 1.54) is 25.9 Å². The number of hydrogen-bond donors (Lipinski definition) is 0. The topological polar surface area (TPSA) is 36.4 Å². The summed E-state index contributed by atoms with van der Waals surface area (Å²) in [4.78, 5) is 21.3. The SMILES string of the molecule is Cc1ncccc1C(=O)N1CCC(CN2CCCC2)C1. The Balaban J connectivity index is 1.59. The molecule has 1 aromatic rings. The number of carbonyl (C=O) groups excluding carboxylic acids is 1. The van der Waals surface area contributed by atoms with Crippen LogP contribution in [0, 0.1) is 12.8 Å². The molecule has 0 aliphatic carbocycles. The number of carbonyl (C=O) groups is 1. The lowest BCUT2D eigenvalue weighted by molar-refractivity contribution is 0.0783. The van der Waals surface area contributed by atoms with Gasteiger partial charge in [0.1, 0.15) is 0 Å². The number of nitrogens with zero attached hydrogens (tertiary/aromatic N) is 3. The highest BCUT2D eigenvalue weighted by molar-refractivity contribution is 5.95. The van der Waals surface area contributed by atoms with E-state index in [1.807, 2.05) is 24.0 Å². The molecule has 0 N–H and O–H groups in total. The summed E-state index contributed by atoms with van der Waals surface area (Å²) < 4.78 is 0. The summed E-state index contributed by atoms with van der Waals surface area (Å²) in [6.45, 7) is 7.36. The first kappa shape index (κ1) is 13.6. The summed E-state index contributed by atoms with van der Waals surface area (Å²) >= 11 is 0. The summed E-state index contributed by atoms with van der Waals surface area (Å²) in [6.07, 6.45) is 5.56. The highest BCUT2D eigenvalue weighted by Gasteiger charge is 2.29. The van der Waals surface area contributed by atoms with Crippen molar-refractivity contribution >= 4 is 5.91 Å². The van der Waals surface area contributed by atoms with Crippen molar-refractivity contribution in [1.29, 1.82) is 0 Å². The average molecular weight is 273 g/mol. The Hall–Kier alpha value is -1.42. The van der Waals surface area contributed by atoms with Crippen molar-refractivity contribution in [2.45, 2.75) is 26.2 Å². The van der Waals surface area contributed by atoms with Gasteiger partial charge in [0.15, 0.2) is 0 Å². The first-order valence-electron chi connectivity index (χ1n) is 7.67. The molecular weight excluding hydrogens is 250 g/mol. The van der Waals surface area contributed by atoms with Crippen LogP contribution in [0.3, 0.4) is 0 Å². The molecule has 3 heterocycles. The molecule has 4 heteroatoms. The first-order chi connectivity index (χ1) is 9.74. The van der Waals surface area contributed by atoms with Crippen LogP contribution in [0.15, 0.2) is 18.3 Å². The van der Waals surface area contributed by atoms with Gasteiger partial charge >= 0.3 is 0 Å². The van der Waals surface area contributed by atoms with Crippen LogP contribution in [-0.4, -0.2) is 53.4 Å². The minimum atomic E-state index is 0.152. The van der Waals surface area contributed by atoms with E-state index in [9.17, 15) is 4.79 Å². The van der Waals surface area contributed by atoms with E-state index in [4.69, 9.17) is 0 Å². The summed E-state index contributed by atoms with van der Waals surface area (Å²) in [7, 11) is 0. The van der Waals surface area contributed by atoms with Crippen LogP contribution in [0.5, 0.6) is 0 Å². The third-order valence-electron chi connectivity index (χ3n) is 4.53. The highest BCUT2D eigenvalue weighted by Crippen LogP contribution is 2.22. The molecule has 0 aromatic carbocycles. The number of aromatic nitrogens is 1. The van der Waals surface area contributed by atoms with Gasteiger partial charge in [0.05, 0.1) is 5.56 Å². The largest absolute Gasteiger partial charge is 0.338 e. The van der Waals surface area contributed by atoms with Crippen LogP contribution in [0.1, 0.15) is 35.3 Å². The Morgan fingerprint density at radius 1 is 1.35 bits per heavy atom. The number of rotatable bonds is 3. The predicted molar refractivity (Wildman–Crippen MR) is 78.7 cm³/mol. The van der Waals surface area contributed by atoms with Gasteiger partial charge in [-0.25, -0.2) is 0 Å². The molecule has 20 heavy (non-hydrogen) atoms. The van der Waals surface area contributed by atoms with Gasteiger partial charge in [0, 0.05) is 31.5 Å². The molecule has 4 nitrogen and oxygen atoms in total. The molecule has 3 rings (SSSR count). The standard InChI is InChI=1S/C16H23N3O/c1-13-15(5-4-7-17-13)16(20)19-10-6-14(12-19)11-18-8-2-3-9-18/h4-5,7,14H,2-3,6,8-12H2,1H3. The minimum absolute atomic E-state index is 0.152. The third-order valence-corrected chi connectivity index (χ3v) is 4.53. The number of aryl methyl sites for hydroxylation is 1.